The van der Waals surface area contributed by atoms with Gasteiger partial charge in [-0.15, -0.1) is 0 Å². The first kappa shape index (κ1) is 43.6. The van der Waals surface area contributed by atoms with Crippen molar-refractivity contribution in [1.82, 2.24) is 20.9 Å². The Balaban J connectivity index is 1.25. The highest BCUT2D eigenvalue weighted by Crippen LogP contribution is 2.32. The molecule has 0 radical (unpaired) electrons. The fourth-order valence-corrected chi connectivity index (χ4v) is 6.63. The molecule has 1 aliphatic carbocycles. The molecule has 0 aromatic heterocycles. The summed E-state index contributed by atoms with van der Waals surface area (Å²) >= 11 is 0. The van der Waals surface area contributed by atoms with E-state index < -0.39 is 47.6 Å². The Bertz CT molecular complexity index is 1500. The molecule has 3 N–H and O–H groups in total. The van der Waals surface area contributed by atoms with Crippen molar-refractivity contribution in [3.05, 3.63) is 71.3 Å². The molecule has 0 spiro atoms. The molecule has 14 nitrogen and oxygen atoms in total. The number of nitrogens with zero attached hydrogens (tertiary/aromatic N) is 1. The van der Waals surface area contributed by atoms with E-state index in [2.05, 4.69) is 22.0 Å². The predicted molar refractivity (Wildman–Crippen MR) is 205 cm³/mol. The summed E-state index contributed by atoms with van der Waals surface area (Å²) in [5.74, 6) is -1.31. The van der Waals surface area contributed by atoms with Crippen LogP contribution >= 0.6 is 0 Å². The monoisotopic (exact) mass is 768 g/mol. The van der Waals surface area contributed by atoms with Gasteiger partial charge in [0, 0.05) is 20.0 Å². The molecular weight excluding hydrogens is 708 g/mol. The van der Waals surface area contributed by atoms with Crippen molar-refractivity contribution >= 4 is 23.8 Å². The minimum Gasteiger partial charge on any atom is -0.436 e. The van der Waals surface area contributed by atoms with Crippen LogP contribution < -0.4 is 16.0 Å². The molecule has 14 heteroatoms. The van der Waals surface area contributed by atoms with E-state index in [0.29, 0.717) is 52.9 Å². The topological polar surface area (TPSA) is 163 Å². The summed E-state index contributed by atoms with van der Waals surface area (Å²) in [5.41, 5.74) is 2.69. The van der Waals surface area contributed by atoms with Gasteiger partial charge in [-0.2, -0.15) is 0 Å². The van der Waals surface area contributed by atoms with Crippen LogP contribution in [0.25, 0.3) is 0 Å². The maximum Gasteiger partial charge on any atom is 0.407 e. The zero-order valence-electron chi connectivity index (χ0n) is 33.0. The lowest BCUT2D eigenvalue weighted by Gasteiger charge is -2.36. The molecule has 1 fully saturated rings. The number of amides is 4. The van der Waals surface area contributed by atoms with Gasteiger partial charge in [-0.25, -0.2) is 4.79 Å². The smallest absolute Gasteiger partial charge is 0.407 e. The maximum absolute atomic E-state index is 14.3. The third-order valence-electron chi connectivity index (χ3n) is 9.60. The van der Waals surface area contributed by atoms with Gasteiger partial charge in [-0.3, -0.25) is 14.4 Å². The first-order valence-electron chi connectivity index (χ1n) is 19.3. The molecule has 304 valence electrons. The first-order chi connectivity index (χ1) is 26.5. The number of alkyl carbamates (subject to hydrolysis) is 1. The molecule has 0 bridgehead atoms. The lowest BCUT2D eigenvalue weighted by atomic mass is 9.85. The lowest BCUT2D eigenvalue weighted by Crippen LogP contribution is -2.59. The van der Waals surface area contributed by atoms with Crippen LogP contribution in [-0.4, -0.2) is 119 Å². The Labute approximate surface area is 325 Å². The third kappa shape index (κ3) is 14.2. The number of rotatable bonds is 21. The van der Waals surface area contributed by atoms with Crippen molar-refractivity contribution in [1.29, 1.82) is 0 Å². The normalized spacial score (nSPS) is 19.2. The Hall–Kier alpha value is -4.08. The van der Waals surface area contributed by atoms with Gasteiger partial charge in [0.2, 0.25) is 11.8 Å². The van der Waals surface area contributed by atoms with Crippen LogP contribution in [0.4, 0.5) is 4.79 Å². The molecule has 1 aliphatic heterocycles. The molecule has 2 aromatic rings. The second kappa shape index (κ2) is 22.5. The van der Waals surface area contributed by atoms with Crippen LogP contribution in [0.2, 0.25) is 0 Å². The van der Waals surface area contributed by atoms with E-state index in [9.17, 15) is 19.2 Å². The average Bonchev–Trinajstić information content (AvgIpc) is 3.61. The van der Waals surface area contributed by atoms with Crippen LogP contribution in [0.15, 0.2) is 54.6 Å². The number of aryl methyl sites for hydroxylation is 1. The van der Waals surface area contributed by atoms with Gasteiger partial charge in [0.15, 0.2) is 6.10 Å². The van der Waals surface area contributed by atoms with Crippen LogP contribution in [0.3, 0.4) is 0 Å². The lowest BCUT2D eigenvalue weighted by molar-refractivity contribution is -0.145. The molecule has 0 saturated carbocycles. The summed E-state index contributed by atoms with van der Waals surface area (Å²) in [6.45, 7) is 10.9. The zero-order chi connectivity index (χ0) is 39.6. The summed E-state index contributed by atoms with van der Waals surface area (Å²) in [6, 6.07) is 16.1. The van der Waals surface area contributed by atoms with E-state index >= 15 is 0 Å². The van der Waals surface area contributed by atoms with Crippen LogP contribution in [0, 0.1) is 5.41 Å². The number of carbonyl (C=O) groups excluding carboxylic acids is 4. The SMILES string of the molecule is CNC(=O)OC(C)C(=O)NC(C(=O)N1C[C@@H](OCCOCCOCCOCCOCc2ccccc2)C[C@H]1C(=O)N[C@@H]1CCCc2ccccc21)C(C)(C)C. The highest BCUT2D eigenvalue weighted by Gasteiger charge is 2.46. The van der Waals surface area contributed by atoms with E-state index in [1.807, 2.05) is 69.3 Å². The molecule has 2 unspecified atom stereocenters. The predicted octanol–water partition coefficient (Wildman–Crippen LogP) is 3.71. The van der Waals surface area contributed by atoms with Gasteiger partial charge in [-0.05, 0) is 48.3 Å². The molecule has 2 aliphatic rings. The summed E-state index contributed by atoms with van der Waals surface area (Å²) in [5, 5.41) is 8.31. The van der Waals surface area contributed by atoms with E-state index in [1.165, 1.54) is 24.4 Å². The molecule has 5 atom stereocenters. The molecule has 2 aromatic carbocycles. The Morgan fingerprint density at radius 1 is 0.836 bits per heavy atom. The fraction of sp³-hybridized carbons (Fsp3) is 0.610. The number of ether oxygens (including phenoxy) is 6. The van der Waals surface area contributed by atoms with Crippen LogP contribution in [0.5, 0.6) is 0 Å². The number of carbonyl (C=O) groups is 4. The van der Waals surface area contributed by atoms with Gasteiger partial charge in [0.1, 0.15) is 12.1 Å². The van der Waals surface area contributed by atoms with E-state index in [4.69, 9.17) is 28.4 Å². The van der Waals surface area contributed by atoms with Gasteiger partial charge in [-0.1, -0.05) is 75.4 Å². The van der Waals surface area contributed by atoms with Crippen molar-refractivity contribution in [2.45, 2.75) is 90.3 Å². The Morgan fingerprint density at radius 3 is 2.11 bits per heavy atom. The van der Waals surface area contributed by atoms with Gasteiger partial charge in [0.25, 0.3) is 5.91 Å². The third-order valence-corrected chi connectivity index (χ3v) is 9.60. The fourth-order valence-electron chi connectivity index (χ4n) is 6.63. The molecule has 55 heavy (non-hydrogen) atoms. The Kier molecular flexibility index (Phi) is 17.8. The van der Waals surface area contributed by atoms with Gasteiger partial charge >= 0.3 is 6.09 Å². The molecule has 4 rings (SSSR count). The van der Waals surface area contributed by atoms with Crippen molar-refractivity contribution < 1.29 is 47.6 Å². The highest BCUT2D eigenvalue weighted by molar-refractivity contribution is 5.94. The minimum absolute atomic E-state index is 0.158. The molecule has 4 amide bonds. The van der Waals surface area contributed by atoms with Crippen LogP contribution in [-0.2, 0) is 55.8 Å². The number of benzene rings is 2. The molecule has 1 heterocycles. The number of likely N-dealkylation sites (tertiary alicyclic amines) is 1. The summed E-state index contributed by atoms with van der Waals surface area (Å²) in [4.78, 5) is 54.7. The average molecular weight is 769 g/mol. The van der Waals surface area contributed by atoms with Crippen molar-refractivity contribution in [2.24, 2.45) is 5.41 Å². The van der Waals surface area contributed by atoms with Crippen molar-refractivity contribution in [3.8, 4) is 0 Å². The van der Waals surface area contributed by atoms with E-state index in [-0.39, 0.29) is 31.5 Å². The van der Waals surface area contributed by atoms with Crippen molar-refractivity contribution in [3.63, 3.8) is 0 Å². The van der Waals surface area contributed by atoms with Crippen molar-refractivity contribution in [2.75, 3.05) is 66.4 Å². The largest absolute Gasteiger partial charge is 0.436 e. The quantitative estimate of drug-likeness (QED) is 0.160. The number of hydrogen-bond donors (Lipinski definition) is 3. The first-order valence-corrected chi connectivity index (χ1v) is 19.3. The second-order valence-corrected chi connectivity index (χ2v) is 14.9. The number of hydrogen-bond acceptors (Lipinski definition) is 10. The van der Waals surface area contributed by atoms with Crippen LogP contribution in [0.1, 0.15) is 69.7 Å². The highest BCUT2D eigenvalue weighted by atomic mass is 16.6. The van der Waals surface area contributed by atoms with E-state index in [0.717, 1.165) is 30.4 Å². The summed E-state index contributed by atoms with van der Waals surface area (Å²) in [7, 11) is 1.39. The zero-order valence-corrected chi connectivity index (χ0v) is 33.0. The molecular formula is C41H60N4O10. The summed E-state index contributed by atoms with van der Waals surface area (Å²) < 4.78 is 33.7. The van der Waals surface area contributed by atoms with Gasteiger partial charge in [0.05, 0.1) is 71.6 Å². The minimum atomic E-state index is -1.15. The molecule has 1 saturated heterocycles. The maximum atomic E-state index is 14.3. The number of nitrogens with one attached hydrogen (secondary N) is 3. The Morgan fingerprint density at radius 2 is 1.45 bits per heavy atom. The standard InChI is InChI=1S/C41H60N4O10/c1-29(55-40(49)42-5)37(46)44-36(41(2,3)4)39(48)45-27-32(26-35(45)38(47)43-34-17-11-15-31-14-9-10-16-33(31)34)54-25-24-52-21-20-50-18-19-51-22-23-53-28-30-12-7-6-8-13-30/h6-10,12-14,16,29,32,34-36H,11,15,17-28H2,1-5H3,(H,42,49)(H,43,47)(H,44,46)/t29?,32-,34+,35-,36?/m0/s1. The van der Waals surface area contributed by atoms with Gasteiger partial charge < -0.3 is 49.3 Å². The van der Waals surface area contributed by atoms with E-state index in [1.54, 1.807) is 0 Å². The second-order valence-electron chi connectivity index (χ2n) is 14.9. The summed E-state index contributed by atoms with van der Waals surface area (Å²) in [6.07, 6.45) is 0.638. The number of fused-ring (bicyclic) bond motifs is 1.